The number of likely N-dealkylation sites (tertiary alicyclic amines) is 1. The molecule has 7 heteroatoms. The van der Waals surface area contributed by atoms with Crippen molar-refractivity contribution in [2.24, 2.45) is 0 Å². The molecular formula is C13H21NO6. The summed E-state index contributed by atoms with van der Waals surface area (Å²) in [5.74, 6) is -0.936. The third kappa shape index (κ3) is 3.61. The van der Waals surface area contributed by atoms with Crippen molar-refractivity contribution in [1.82, 2.24) is 4.90 Å². The molecule has 7 nitrogen and oxygen atoms in total. The topological polar surface area (TPSA) is 85.3 Å². The molecule has 114 valence electrons. The first-order valence-electron chi connectivity index (χ1n) is 6.64. The highest BCUT2D eigenvalue weighted by atomic mass is 16.6. The van der Waals surface area contributed by atoms with Crippen LogP contribution in [0.2, 0.25) is 0 Å². The fourth-order valence-corrected chi connectivity index (χ4v) is 2.24. The first-order chi connectivity index (χ1) is 9.19. The average molecular weight is 287 g/mol. The molecule has 2 rings (SSSR count). The van der Waals surface area contributed by atoms with E-state index < -0.39 is 23.3 Å². The van der Waals surface area contributed by atoms with Gasteiger partial charge in [-0.15, -0.1) is 0 Å². The van der Waals surface area contributed by atoms with E-state index in [1.54, 1.807) is 20.8 Å². The van der Waals surface area contributed by atoms with Crippen molar-refractivity contribution in [2.75, 3.05) is 26.3 Å². The van der Waals surface area contributed by atoms with Crippen LogP contribution in [0.5, 0.6) is 0 Å². The van der Waals surface area contributed by atoms with Gasteiger partial charge in [0.1, 0.15) is 17.3 Å². The van der Waals surface area contributed by atoms with Gasteiger partial charge in [-0.1, -0.05) is 0 Å². The molecule has 0 spiro atoms. The summed E-state index contributed by atoms with van der Waals surface area (Å²) in [4.78, 5) is 24.3. The maximum Gasteiger partial charge on any atom is 0.410 e. The molecule has 0 aromatic carbocycles. The van der Waals surface area contributed by atoms with E-state index >= 15 is 0 Å². The van der Waals surface area contributed by atoms with E-state index in [-0.39, 0.29) is 25.6 Å². The monoisotopic (exact) mass is 287 g/mol. The van der Waals surface area contributed by atoms with Gasteiger partial charge in [-0.2, -0.15) is 0 Å². The molecule has 2 heterocycles. The Morgan fingerprint density at radius 3 is 2.35 bits per heavy atom. The Balaban J connectivity index is 1.90. The number of nitrogens with zero attached hydrogens (tertiary/aromatic N) is 1. The van der Waals surface area contributed by atoms with Gasteiger partial charge in [0.25, 0.3) is 0 Å². The molecule has 2 fully saturated rings. The summed E-state index contributed by atoms with van der Waals surface area (Å²) in [6.07, 6.45) is -0.634. The lowest BCUT2D eigenvalue weighted by Gasteiger charge is -2.51. The summed E-state index contributed by atoms with van der Waals surface area (Å²) >= 11 is 0. The van der Waals surface area contributed by atoms with E-state index in [0.717, 1.165) is 0 Å². The van der Waals surface area contributed by atoms with Crippen molar-refractivity contribution >= 4 is 12.1 Å². The van der Waals surface area contributed by atoms with Crippen molar-refractivity contribution < 1.29 is 28.9 Å². The number of carbonyl (C=O) groups is 2. The highest BCUT2D eigenvalue weighted by Gasteiger charge is 2.51. The van der Waals surface area contributed by atoms with Crippen molar-refractivity contribution in [3.63, 3.8) is 0 Å². The Bertz CT molecular complexity index is 392. The van der Waals surface area contributed by atoms with Crippen LogP contribution in [0.3, 0.4) is 0 Å². The zero-order valence-electron chi connectivity index (χ0n) is 12.0. The van der Waals surface area contributed by atoms with E-state index in [9.17, 15) is 9.59 Å². The van der Waals surface area contributed by atoms with Crippen LogP contribution >= 0.6 is 0 Å². The minimum atomic E-state index is -0.936. The van der Waals surface area contributed by atoms with Gasteiger partial charge in [-0.05, 0) is 20.8 Å². The van der Waals surface area contributed by atoms with Crippen LogP contribution in [0.1, 0.15) is 27.2 Å². The predicted molar refractivity (Wildman–Crippen MR) is 68.5 cm³/mol. The molecule has 2 aliphatic rings. The first-order valence-corrected chi connectivity index (χ1v) is 6.64. The molecule has 0 bridgehead atoms. The van der Waals surface area contributed by atoms with Crippen LogP contribution in [-0.4, -0.2) is 65.7 Å². The molecular weight excluding hydrogens is 266 g/mol. The number of carbonyl (C=O) groups excluding carboxylic acids is 1. The quantitative estimate of drug-likeness (QED) is 0.825. The lowest BCUT2D eigenvalue weighted by atomic mass is 9.90. The third-order valence-electron chi connectivity index (χ3n) is 3.11. The zero-order valence-corrected chi connectivity index (χ0v) is 12.0. The molecule has 0 aromatic heterocycles. The minimum absolute atomic E-state index is 0.0739. The molecule has 0 saturated carbocycles. The second-order valence-electron chi connectivity index (χ2n) is 6.37. The van der Waals surface area contributed by atoms with Gasteiger partial charge in [-0.25, -0.2) is 4.79 Å². The lowest BCUT2D eigenvalue weighted by molar-refractivity contribution is -0.232. The maximum atomic E-state index is 11.9. The molecule has 2 saturated heterocycles. The van der Waals surface area contributed by atoms with E-state index in [2.05, 4.69) is 0 Å². The van der Waals surface area contributed by atoms with Gasteiger partial charge in [0.2, 0.25) is 0 Å². The normalized spacial score (nSPS) is 21.9. The summed E-state index contributed by atoms with van der Waals surface area (Å²) in [6, 6.07) is 0. The second kappa shape index (κ2) is 5.21. The molecule has 20 heavy (non-hydrogen) atoms. The summed E-state index contributed by atoms with van der Waals surface area (Å²) in [7, 11) is 0. The van der Waals surface area contributed by atoms with Crippen LogP contribution in [0.15, 0.2) is 0 Å². The smallest absolute Gasteiger partial charge is 0.410 e. The van der Waals surface area contributed by atoms with Crippen molar-refractivity contribution in [3.05, 3.63) is 0 Å². The highest BCUT2D eigenvalue weighted by molar-refractivity contribution is 5.72. The van der Waals surface area contributed by atoms with E-state index in [1.165, 1.54) is 4.90 Å². The minimum Gasteiger partial charge on any atom is -0.481 e. The van der Waals surface area contributed by atoms with E-state index in [0.29, 0.717) is 13.2 Å². The van der Waals surface area contributed by atoms with Gasteiger partial charge in [-0.3, -0.25) is 4.79 Å². The number of ether oxygens (including phenoxy) is 3. The van der Waals surface area contributed by atoms with Gasteiger partial charge in [0, 0.05) is 0 Å². The number of amides is 1. The molecule has 2 aliphatic heterocycles. The zero-order chi connectivity index (χ0) is 15.0. The number of aliphatic carboxylic acids is 1. The first kappa shape index (κ1) is 15.1. The molecule has 1 N–H and O–H groups in total. The average Bonchev–Trinajstić information content (AvgIpc) is 2.14. The number of hydrogen-bond acceptors (Lipinski definition) is 5. The fourth-order valence-electron chi connectivity index (χ4n) is 2.24. The molecule has 0 radical (unpaired) electrons. The maximum absolute atomic E-state index is 11.9. The Kier molecular flexibility index (Phi) is 3.93. The molecule has 0 unspecified atom stereocenters. The summed E-state index contributed by atoms with van der Waals surface area (Å²) in [6.45, 7) is 6.81. The molecule has 0 aromatic rings. The van der Waals surface area contributed by atoms with E-state index in [4.69, 9.17) is 19.3 Å². The SMILES string of the molecule is CC(C)(C)OC(=O)N1CC(CC(=O)O)(OC2COC2)C1. The van der Waals surface area contributed by atoms with Crippen LogP contribution in [0.25, 0.3) is 0 Å². The number of hydrogen-bond donors (Lipinski definition) is 1. The van der Waals surface area contributed by atoms with Crippen LogP contribution in [0.4, 0.5) is 4.79 Å². The number of carboxylic acids is 1. The number of carboxylic acid groups (broad SMARTS) is 1. The number of rotatable bonds is 4. The largest absolute Gasteiger partial charge is 0.481 e. The Hall–Kier alpha value is -1.34. The molecule has 0 aliphatic carbocycles. The third-order valence-corrected chi connectivity index (χ3v) is 3.11. The van der Waals surface area contributed by atoms with Gasteiger partial charge >= 0.3 is 12.1 Å². The predicted octanol–water partition coefficient (Wildman–Crippen LogP) is 0.866. The molecule has 1 amide bonds. The summed E-state index contributed by atoms with van der Waals surface area (Å²) < 4.78 is 16.0. The highest BCUT2D eigenvalue weighted by Crippen LogP contribution is 2.32. The van der Waals surface area contributed by atoms with Crippen LogP contribution < -0.4 is 0 Å². The Morgan fingerprint density at radius 1 is 1.35 bits per heavy atom. The van der Waals surface area contributed by atoms with Crippen molar-refractivity contribution in [2.45, 2.75) is 44.5 Å². The summed E-state index contributed by atoms with van der Waals surface area (Å²) in [5, 5.41) is 8.98. The van der Waals surface area contributed by atoms with Gasteiger partial charge in [0.15, 0.2) is 0 Å². The van der Waals surface area contributed by atoms with E-state index in [1.807, 2.05) is 0 Å². The van der Waals surface area contributed by atoms with Crippen LogP contribution in [-0.2, 0) is 19.0 Å². The van der Waals surface area contributed by atoms with Crippen LogP contribution in [0, 0.1) is 0 Å². The Morgan fingerprint density at radius 2 is 1.95 bits per heavy atom. The van der Waals surface area contributed by atoms with Gasteiger partial charge in [0.05, 0.1) is 32.7 Å². The van der Waals surface area contributed by atoms with Crippen molar-refractivity contribution in [1.29, 1.82) is 0 Å². The lowest BCUT2D eigenvalue weighted by Crippen LogP contribution is -2.68. The fraction of sp³-hybridized carbons (Fsp3) is 0.846. The summed E-state index contributed by atoms with van der Waals surface area (Å²) in [5.41, 5.74) is -1.37. The van der Waals surface area contributed by atoms with Gasteiger partial charge < -0.3 is 24.2 Å². The second-order valence-corrected chi connectivity index (χ2v) is 6.37. The Labute approximate surface area is 117 Å². The standard InChI is InChI=1S/C13H21NO6/c1-12(2,3)20-11(17)14-7-13(8-14,4-10(15)16)19-9-5-18-6-9/h9H,4-8H2,1-3H3,(H,15,16). The molecule has 0 atom stereocenters. The van der Waals surface area contributed by atoms with Crippen molar-refractivity contribution in [3.8, 4) is 0 Å².